The molecule has 0 aromatic heterocycles. The molecule has 2 nitrogen and oxygen atoms in total. The van der Waals surface area contributed by atoms with Crippen molar-refractivity contribution in [3.05, 3.63) is 113 Å². The number of rotatable bonds is 11. The lowest BCUT2D eigenvalue weighted by Gasteiger charge is -2.27. The maximum atomic E-state index is 15.0. The average Bonchev–Trinajstić information content (AvgIpc) is 2.95. The molecule has 1 fully saturated rings. The first-order valence-electron chi connectivity index (χ1n) is 14.2. The molecule has 4 rings (SSSR count). The number of halogens is 3. The molecule has 1 saturated carbocycles. The number of ether oxygens (including phenoxy) is 1. The van der Waals surface area contributed by atoms with Crippen molar-refractivity contribution in [3.8, 4) is 5.75 Å². The molecule has 0 aliphatic heterocycles. The number of aliphatic hydroxyl groups excluding tert-OH is 1. The fourth-order valence-electron chi connectivity index (χ4n) is 5.59. The third kappa shape index (κ3) is 7.33. The summed E-state index contributed by atoms with van der Waals surface area (Å²) in [5.74, 6) is -1.50. The summed E-state index contributed by atoms with van der Waals surface area (Å²) >= 11 is 0. The van der Waals surface area contributed by atoms with Crippen LogP contribution < -0.4 is 4.74 Å². The minimum atomic E-state index is -0.802. The first-order valence-corrected chi connectivity index (χ1v) is 14.2. The van der Waals surface area contributed by atoms with Crippen LogP contribution in [0.4, 0.5) is 13.2 Å². The fraction of sp³-hybridized carbons (Fsp3) is 0.412. The predicted molar refractivity (Wildman–Crippen MR) is 152 cm³/mol. The predicted octanol–water partition coefficient (Wildman–Crippen LogP) is 9.71. The van der Waals surface area contributed by atoms with Crippen molar-refractivity contribution in [2.24, 2.45) is 5.92 Å². The first-order chi connectivity index (χ1) is 18.9. The molecule has 0 heterocycles. The molecular weight excluding hydrogens is 497 g/mol. The van der Waals surface area contributed by atoms with Gasteiger partial charge < -0.3 is 9.84 Å². The van der Waals surface area contributed by atoms with E-state index in [9.17, 15) is 13.9 Å². The Morgan fingerprint density at radius 1 is 1.05 bits per heavy atom. The minimum absolute atomic E-state index is 0.148. The van der Waals surface area contributed by atoms with Crippen LogP contribution in [-0.2, 0) is 0 Å². The molecule has 0 saturated heterocycles. The van der Waals surface area contributed by atoms with Crippen LogP contribution in [0, 0.1) is 11.7 Å². The van der Waals surface area contributed by atoms with Crippen molar-refractivity contribution in [3.63, 3.8) is 0 Å². The summed E-state index contributed by atoms with van der Waals surface area (Å²) in [6.07, 6.45) is 12.7. The van der Waals surface area contributed by atoms with Gasteiger partial charge in [0.05, 0.1) is 12.7 Å². The van der Waals surface area contributed by atoms with Crippen LogP contribution in [-0.4, -0.2) is 11.7 Å². The van der Waals surface area contributed by atoms with E-state index in [1.54, 1.807) is 42.5 Å². The molecule has 2 aliphatic carbocycles. The smallest absolute Gasteiger partial charge is 0.162 e. The van der Waals surface area contributed by atoms with Gasteiger partial charge in [-0.25, -0.2) is 13.2 Å². The van der Waals surface area contributed by atoms with Gasteiger partial charge in [-0.05, 0) is 79.5 Å². The van der Waals surface area contributed by atoms with E-state index in [2.05, 4.69) is 6.58 Å². The SMILES string of the molecule is C=CCCOc1ccc(C2CCC(/C=C/C3=CCC(c4ccc(C(O)CCC)cc4)C(F)=C3F)CC2)c(F)c1. The lowest BCUT2D eigenvalue weighted by molar-refractivity contribution is 0.166. The Kier molecular flexibility index (Phi) is 10.3. The maximum absolute atomic E-state index is 15.0. The molecule has 0 radical (unpaired) electrons. The van der Waals surface area contributed by atoms with Crippen LogP contribution in [0.1, 0.15) is 92.9 Å². The molecule has 2 atom stereocenters. The third-order valence-electron chi connectivity index (χ3n) is 7.95. The van der Waals surface area contributed by atoms with Gasteiger partial charge in [-0.2, -0.15) is 0 Å². The quantitative estimate of drug-likeness (QED) is 0.229. The summed E-state index contributed by atoms with van der Waals surface area (Å²) in [6.45, 7) is 6.15. The molecule has 5 heteroatoms. The van der Waals surface area contributed by atoms with E-state index in [1.165, 1.54) is 6.07 Å². The van der Waals surface area contributed by atoms with Crippen LogP contribution in [0.3, 0.4) is 0 Å². The van der Waals surface area contributed by atoms with Gasteiger partial charge in [0, 0.05) is 17.6 Å². The molecule has 2 aliphatic rings. The Morgan fingerprint density at radius 3 is 2.46 bits per heavy atom. The zero-order chi connectivity index (χ0) is 27.8. The fourth-order valence-corrected chi connectivity index (χ4v) is 5.59. The van der Waals surface area contributed by atoms with Crippen molar-refractivity contribution in [1.29, 1.82) is 0 Å². The topological polar surface area (TPSA) is 29.5 Å². The molecule has 208 valence electrons. The minimum Gasteiger partial charge on any atom is -0.493 e. The van der Waals surface area contributed by atoms with E-state index >= 15 is 4.39 Å². The molecule has 0 spiro atoms. The Morgan fingerprint density at radius 2 is 1.79 bits per heavy atom. The average molecular weight is 537 g/mol. The van der Waals surface area contributed by atoms with Crippen LogP contribution >= 0.6 is 0 Å². The molecule has 2 unspecified atom stereocenters. The van der Waals surface area contributed by atoms with Gasteiger partial charge in [-0.1, -0.05) is 68.0 Å². The highest BCUT2D eigenvalue weighted by molar-refractivity contribution is 5.45. The number of allylic oxidation sites excluding steroid dienone is 6. The Labute approximate surface area is 230 Å². The van der Waals surface area contributed by atoms with Gasteiger partial charge in [0.15, 0.2) is 5.83 Å². The second kappa shape index (κ2) is 13.8. The van der Waals surface area contributed by atoms with Gasteiger partial charge in [-0.3, -0.25) is 0 Å². The summed E-state index contributed by atoms with van der Waals surface area (Å²) in [6, 6.07) is 12.3. The highest BCUT2D eigenvalue weighted by Gasteiger charge is 2.27. The monoisotopic (exact) mass is 536 g/mol. The zero-order valence-corrected chi connectivity index (χ0v) is 22.7. The summed E-state index contributed by atoms with van der Waals surface area (Å²) in [4.78, 5) is 0. The van der Waals surface area contributed by atoms with Crippen LogP contribution in [0.15, 0.2) is 90.6 Å². The molecule has 1 N–H and O–H groups in total. The molecule has 0 bridgehead atoms. The van der Waals surface area contributed by atoms with E-state index in [4.69, 9.17) is 4.74 Å². The number of benzene rings is 2. The van der Waals surface area contributed by atoms with E-state index in [0.717, 1.165) is 43.2 Å². The van der Waals surface area contributed by atoms with Crippen LogP contribution in [0.2, 0.25) is 0 Å². The Balaban J connectivity index is 1.32. The van der Waals surface area contributed by atoms with Gasteiger partial charge in [-0.15, -0.1) is 6.58 Å². The van der Waals surface area contributed by atoms with E-state index < -0.39 is 23.7 Å². The standard InChI is InChI=1S/C34H39F3O2/c1-3-5-21-39-28-18-20-29(31(35)22-28)24-10-7-23(8-11-24)9-12-27-17-19-30(34(37)33(27)36)25-13-15-26(16-14-25)32(38)6-4-2/h3,9,12-18,20,22-24,30,32,38H,1,4-8,10-11,19,21H2,2H3/b12-9+. The lowest BCUT2D eigenvalue weighted by Crippen LogP contribution is -2.13. The maximum Gasteiger partial charge on any atom is 0.162 e. The van der Waals surface area contributed by atoms with E-state index in [0.29, 0.717) is 42.8 Å². The Bertz CT molecular complexity index is 1200. The second-order valence-electron chi connectivity index (χ2n) is 10.7. The summed E-state index contributed by atoms with van der Waals surface area (Å²) in [7, 11) is 0. The second-order valence-corrected chi connectivity index (χ2v) is 10.7. The highest BCUT2D eigenvalue weighted by Crippen LogP contribution is 2.41. The van der Waals surface area contributed by atoms with Crippen molar-refractivity contribution in [2.75, 3.05) is 6.61 Å². The van der Waals surface area contributed by atoms with Crippen molar-refractivity contribution in [2.45, 2.75) is 76.2 Å². The van der Waals surface area contributed by atoms with E-state index in [1.807, 2.05) is 25.1 Å². The third-order valence-corrected chi connectivity index (χ3v) is 7.95. The van der Waals surface area contributed by atoms with Gasteiger partial charge >= 0.3 is 0 Å². The highest BCUT2D eigenvalue weighted by atomic mass is 19.2. The summed E-state index contributed by atoms with van der Waals surface area (Å²) < 4.78 is 50.3. The molecule has 2 aromatic rings. The van der Waals surface area contributed by atoms with Crippen molar-refractivity contribution in [1.82, 2.24) is 0 Å². The molecular formula is C34H39F3O2. The largest absolute Gasteiger partial charge is 0.493 e. The summed E-state index contributed by atoms with van der Waals surface area (Å²) in [5, 5.41) is 10.2. The zero-order valence-electron chi connectivity index (χ0n) is 22.7. The molecule has 39 heavy (non-hydrogen) atoms. The van der Waals surface area contributed by atoms with Gasteiger partial charge in [0.2, 0.25) is 0 Å². The molecule has 0 amide bonds. The van der Waals surface area contributed by atoms with E-state index in [-0.39, 0.29) is 17.7 Å². The summed E-state index contributed by atoms with van der Waals surface area (Å²) in [5.41, 5.74) is 2.51. The van der Waals surface area contributed by atoms with Gasteiger partial charge in [0.25, 0.3) is 0 Å². The van der Waals surface area contributed by atoms with Gasteiger partial charge in [0.1, 0.15) is 17.4 Å². The normalized spacial score (nSPS) is 22.6. The van der Waals surface area contributed by atoms with Crippen LogP contribution in [0.25, 0.3) is 0 Å². The number of hydrogen-bond donors (Lipinski definition) is 1. The lowest BCUT2D eigenvalue weighted by atomic mass is 9.78. The van der Waals surface area contributed by atoms with Crippen LogP contribution in [0.5, 0.6) is 5.75 Å². The number of aliphatic hydroxyl groups is 1. The first kappa shape index (κ1) is 28.9. The number of hydrogen-bond acceptors (Lipinski definition) is 2. The molecule has 2 aromatic carbocycles. The van der Waals surface area contributed by atoms with Crippen molar-refractivity contribution >= 4 is 0 Å². The van der Waals surface area contributed by atoms with Crippen molar-refractivity contribution < 1.29 is 23.0 Å². The Hall–Kier alpha value is -3.05.